The van der Waals surface area contributed by atoms with E-state index in [1.165, 1.54) is 25.7 Å². The van der Waals surface area contributed by atoms with Crippen LogP contribution in [0.15, 0.2) is 22.8 Å². The molecule has 1 aromatic heterocycles. The maximum Gasteiger partial charge on any atom is 0.120 e. The molecule has 2 heteroatoms. The van der Waals surface area contributed by atoms with Crippen LogP contribution < -0.4 is 5.32 Å². The SMILES string of the molecule is CCCNC(CC1CC1)c1ccco1. The molecular formula is C12H19NO. The highest BCUT2D eigenvalue weighted by Gasteiger charge is 2.26. The Morgan fingerprint density at radius 2 is 2.43 bits per heavy atom. The third-order valence-electron chi connectivity index (χ3n) is 2.79. The molecule has 1 aromatic rings. The van der Waals surface area contributed by atoms with Gasteiger partial charge >= 0.3 is 0 Å². The van der Waals surface area contributed by atoms with E-state index in [0.717, 1.165) is 18.2 Å². The van der Waals surface area contributed by atoms with Crippen molar-refractivity contribution in [2.24, 2.45) is 5.92 Å². The molecule has 14 heavy (non-hydrogen) atoms. The Labute approximate surface area is 85.7 Å². The highest BCUT2D eigenvalue weighted by Crippen LogP contribution is 2.37. The Morgan fingerprint density at radius 1 is 1.57 bits per heavy atom. The molecule has 0 aliphatic heterocycles. The first kappa shape index (κ1) is 9.78. The van der Waals surface area contributed by atoms with Gasteiger partial charge in [0.1, 0.15) is 5.76 Å². The summed E-state index contributed by atoms with van der Waals surface area (Å²) in [5.74, 6) is 2.04. The van der Waals surface area contributed by atoms with Gasteiger partial charge in [0.25, 0.3) is 0 Å². The highest BCUT2D eigenvalue weighted by molar-refractivity contribution is 5.05. The minimum Gasteiger partial charge on any atom is -0.468 e. The van der Waals surface area contributed by atoms with E-state index in [1.807, 2.05) is 6.07 Å². The van der Waals surface area contributed by atoms with Crippen molar-refractivity contribution in [2.45, 2.75) is 38.6 Å². The number of rotatable bonds is 6. The summed E-state index contributed by atoms with van der Waals surface area (Å²) >= 11 is 0. The zero-order chi connectivity index (χ0) is 9.80. The van der Waals surface area contributed by atoms with Crippen LogP contribution >= 0.6 is 0 Å². The Balaban J connectivity index is 1.90. The second-order valence-electron chi connectivity index (χ2n) is 4.20. The molecule has 0 bridgehead atoms. The summed E-state index contributed by atoms with van der Waals surface area (Å²) in [5.41, 5.74) is 0. The molecule has 0 aromatic carbocycles. The van der Waals surface area contributed by atoms with E-state index < -0.39 is 0 Å². The monoisotopic (exact) mass is 193 g/mol. The Hall–Kier alpha value is -0.760. The topological polar surface area (TPSA) is 25.2 Å². The molecule has 1 heterocycles. The fraction of sp³-hybridized carbons (Fsp3) is 0.667. The third-order valence-corrected chi connectivity index (χ3v) is 2.79. The van der Waals surface area contributed by atoms with Crippen molar-refractivity contribution in [3.05, 3.63) is 24.2 Å². The molecule has 0 spiro atoms. The predicted octanol–water partition coefficient (Wildman–Crippen LogP) is 3.12. The molecule has 1 unspecified atom stereocenters. The van der Waals surface area contributed by atoms with E-state index in [4.69, 9.17) is 4.42 Å². The van der Waals surface area contributed by atoms with Crippen LogP contribution in [0.5, 0.6) is 0 Å². The van der Waals surface area contributed by atoms with E-state index in [1.54, 1.807) is 6.26 Å². The summed E-state index contributed by atoms with van der Waals surface area (Å²) < 4.78 is 5.46. The molecule has 0 saturated heterocycles. The van der Waals surface area contributed by atoms with Crippen molar-refractivity contribution in [2.75, 3.05) is 6.54 Å². The average molecular weight is 193 g/mol. The molecule has 1 saturated carbocycles. The van der Waals surface area contributed by atoms with Crippen molar-refractivity contribution < 1.29 is 4.42 Å². The standard InChI is InChI=1S/C12H19NO/c1-2-7-13-11(9-10-5-6-10)12-4-3-8-14-12/h3-4,8,10-11,13H,2,5-7,9H2,1H3. The van der Waals surface area contributed by atoms with Gasteiger partial charge < -0.3 is 9.73 Å². The Bertz CT molecular complexity index is 251. The molecule has 1 fully saturated rings. The van der Waals surface area contributed by atoms with Crippen molar-refractivity contribution in [3.8, 4) is 0 Å². The minimum atomic E-state index is 0.442. The fourth-order valence-electron chi connectivity index (χ4n) is 1.80. The lowest BCUT2D eigenvalue weighted by atomic mass is 10.1. The van der Waals surface area contributed by atoms with Crippen LogP contribution in [-0.2, 0) is 0 Å². The van der Waals surface area contributed by atoms with Gasteiger partial charge in [0.15, 0.2) is 0 Å². The average Bonchev–Trinajstić information content (AvgIpc) is 2.84. The van der Waals surface area contributed by atoms with Crippen LogP contribution in [0.3, 0.4) is 0 Å². The van der Waals surface area contributed by atoms with Gasteiger partial charge in [-0.25, -0.2) is 0 Å². The van der Waals surface area contributed by atoms with Gasteiger partial charge in [-0.2, -0.15) is 0 Å². The van der Waals surface area contributed by atoms with Gasteiger partial charge in [0.2, 0.25) is 0 Å². The van der Waals surface area contributed by atoms with Crippen LogP contribution in [0.4, 0.5) is 0 Å². The number of furan rings is 1. The summed E-state index contributed by atoms with van der Waals surface area (Å²) in [7, 11) is 0. The van der Waals surface area contributed by atoms with Crippen LogP contribution in [0, 0.1) is 5.92 Å². The first-order chi connectivity index (χ1) is 6.90. The quantitative estimate of drug-likeness (QED) is 0.751. The molecule has 1 N–H and O–H groups in total. The fourth-order valence-corrected chi connectivity index (χ4v) is 1.80. The molecule has 2 nitrogen and oxygen atoms in total. The summed E-state index contributed by atoms with van der Waals surface area (Å²) in [5, 5.41) is 3.55. The van der Waals surface area contributed by atoms with Crippen molar-refractivity contribution in [1.29, 1.82) is 0 Å². The van der Waals surface area contributed by atoms with E-state index in [0.29, 0.717) is 6.04 Å². The number of nitrogens with one attached hydrogen (secondary N) is 1. The molecule has 0 amide bonds. The van der Waals surface area contributed by atoms with E-state index >= 15 is 0 Å². The lowest BCUT2D eigenvalue weighted by Gasteiger charge is -2.15. The molecule has 1 aliphatic carbocycles. The molecule has 1 atom stereocenters. The highest BCUT2D eigenvalue weighted by atomic mass is 16.3. The number of hydrogen-bond acceptors (Lipinski definition) is 2. The summed E-state index contributed by atoms with van der Waals surface area (Å²) in [6.07, 6.45) is 7.01. The molecule has 78 valence electrons. The zero-order valence-electron chi connectivity index (χ0n) is 8.83. The van der Waals surface area contributed by atoms with Gasteiger partial charge in [0, 0.05) is 0 Å². The predicted molar refractivity (Wildman–Crippen MR) is 57.1 cm³/mol. The molecule has 1 aliphatic rings. The first-order valence-corrected chi connectivity index (χ1v) is 5.67. The van der Waals surface area contributed by atoms with Crippen molar-refractivity contribution >= 4 is 0 Å². The van der Waals surface area contributed by atoms with Gasteiger partial charge in [-0.05, 0) is 37.4 Å². The van der Waals surface area contributed by atoms with Crippen LogP contribution in [0.25, 0.3) is 0 Å². The van der Waals surface area contributed by atoms with Gasteiger partial charge in [0.05, 0.1) is 12.3 Å². The summed E-state index contributed by atoms with van der Waals surface area (Å²) in [6, 6.07) is 4.50. The van der Waals surface area contributed by atoms with Gasteiger partial charge in [-0.3, -0.25) is 0 Å². The third kappa shape index (κ3) is 2.61. The Kier molecular flexibility index (Phi) is 3.25. The minimum absolute atomic E-state index is 0.442. The lowest BCUT2D eigenvalue weighted by Crippen LogP contribution is -2.22. The number of hydrogen-bond donors (Lipinski definition) is 1. The van der Waals surface area contributed by atoms with E-state index in [-0.39, 0.29) is 0 Å². The normalized spacial score (nSPS) is 18.4. The van der Waals surface area contributed by atoms with Crippen LogP contribution in [-0.4, -0.2) is 6.54 Å². The van der Waals surface area contributed by atoms with Gasteiger partial charge in [-0.1, -0.05) is 19.8 Å². The maximum absolute atomic E-state index is 5.46. The molecule has 2 rings (SSSR count). The largest absolute Gasteiger partial charge is 0.468 e. The Morgan fingerprint density at radius 3 is 3.00 bits per heavy atom. The van der Waals surface area contributed by atoms with Crippen molar-refractivity contribution in [1.82, 2.24) is 5.32 Å². The van der Waals surface area contributed by atoms with Crippen LogP contribution in [0.2, 0.25) is 0 Å². The van der Waals surface area contributed by atoms with Gasteiger partial charge in [-0.15, -0.1) is 0 Å². The van der Waals surface area contributed by atoms with Crippen molar-refractivity contribution in [3.63, 3.8) is 0 Å². The van der Waals surface area contributed by atoms with Crippen LogP contribution in [0.1, 0.15) is 44.4 Å². The molecule has 0 radical (unpaired) electrons. The summed E-state index contributed by atoms with van der Waals surface area (Å²) in [4.78, 5) is 0. The maximum atomic E-state index is 5.46. The van der Waals surface area contributed by atoms with E-state index in [9.17, 15) is 0 Å². The zero-order valence-corrected chi connectivity index (χ0v) is 8.83. The molecular weight excluding hydrogens is 174 g/mol. The second kappa shape index (κ2) is 4.65. The van der Waals surface area contributed by atoms with E-state index in [2.05, 4.69) is 18.3 Å². The smallest absolute Gasteiger partial charge is 0.120 e. The summed E-state index contributed by atoms with van der Waals surface area (Å²) in [6.45, 7) is 3.28. The first-order valence-electron chi connectivity index (χ1n) is 5.67. The lowest BCUT2D eigenvalue weighted by molar-refractivity contribution is 0.383. The second-order valence-corrected chi connectivity index (χ2v) is 4.20.